The molecule has 0 radical (unpaired) electrons. The van der Waals surface area contributed by atoms with E-state index in [4.69, 9.17) is 15.2 Å². The summed E-state index contributed by atoms with van der Waals surface area (Å²) < 4.78 is 10.5. The number of hydrogen-bond donors (Lipinski definition) is 1. The number of carbonyl (C=O) groups is 2. The van der Waals surface area contributed by atoms with Crippen LogP contribution in [-0.2, 0) is 4.79 Å². The zero-order valence-corrected chi connectivity index (χ0v) is 11.0. The minimum absolute atomic E-state index is 0.103. The molecule has 6 nitrogen and oxygen atoms in total. The van der Waals surface area contributed by atoms with Crippen molar-refractivity contribution in [2.45, 2.75) is 12.8 Å². The first-order valence-corrected chi connectivity index (χ1v) is 6.63. The summed E-state index contributed by atoms with van der Waals surface area (Å²) in [6, 6.07) is 5.12. The van der Waals surface area contributed by atoms with Gasteiger partial charge in [-0.1, -0.05) is 0 Å². The fourth-order valence-electron chi connectivity index (χ4n) is 2.61. The van der Waals surface area contributed by atoms with Crippen LogP contribution in [0.4, 0.5) is 0 Å². The zero-order valence-electron chi connectivity index (χ0n) is 11.0. The predicted octanol–water partition coefficient (Wildman–Crippen LogP) is 0.753. The lowest BCUT2D eigenvalue weighted by molar-refractivity contribution is -0.123. The van der Waals surface area contributed by atoms with Gasteiger partial charge in [-0.3, -0.25) is 9.59 Å². The third-order valence-electron chi connectivity index (χ3n) is 3.73. The van der Waals surface area contributed by atoms with Crippen LogP contribution in [0.2, 0.25) is 0 Å². The Morgan fingerprint density at radius 3 is 2.85 bits per heavy atom. The van der Waals surface area contributed by atoms with Crippen LogP contribution in [0.5, 0.6) is 11.5 Å². The molecule has 3 rings (SSSR count). The Hall–Kier alpha value is -2.24. The zero-order chi connectivity index (χ0) is 14.1. The summed E-state index contributed by atoms with van der Waals surface area (Å²) in [4.78, 5) is 25.4. The van der Waals surface area contributed by atoms with Crippen molar-refractivity contribution in [1.29, 1.82) is 0 Å². The Morgan fingerprint density at radius 2 is 2.05 bits per heavy atom. The molecule has 0 aromatic heterocycles. The number of ether oxygens (including phenoxy) is 2. The molecule has 1 saturated heterocycles. The van der Waals surface area contributed by atoms with Gasteiger partial charge in [0, 0.05) is 18.7 Å². The van der Waals surface area contributed by atoms with Crippen LogP contribution in [0.3, 0.4) is 0 Å². The summed E-state index contributed by atoms with van der Waals surface area (Å²) in [6.07, 6.45) is 1.55. The third kappa shape index (κ3) is 2.29. The van der Waals surface area contributed by atoms with E-state index in [1.165, 1.54) is 0 Å². The van der Waals surface area contributed by atoms with Crippen LogP contribution in [0.1, 0.15) is 23.2 Å². The smallest absolute Gasteiger partial charge is 0.254 e. The second-order valence-electron chi connectivity index (χ2n) is 5.06. The predicted molar refractivity (Wildman–Crippen MR) is 70.4 cm³/mol. The quantitative estimate of drug-likeness (QED) is 0.864. The van der Waals surface area contributed by atoms with E-state index in [0.717, 1.165) is 12.8 Å². The largest absolute Gasteiger partial charge is 0.454 e. The Kier molecular flexibility index (Phi) is 3.22. The van der Waals surface area contributed by atoms with Crippen LogP contribution in [0.15, 0.2) is 18.2 Å². The molecule has 1 aromatic carbocycles. The van der Waals surface area contributed by atoms with Gasteiger partial charge in [0.1, 0.15) is 0 Å². The topological polar surface area (TPSA) is 81.9 Å². The normalized spacial score (nSPS) is 20.8. The minimum Gasteiger partial charge on any atom is -0.454 e. The fraction of sp³-hybridized carbons (Fsp3) is 0.429. The van der Waals surface area contributed by atoms with Crippen molar-refractivity contribution in [2.24, 2.45) is 11.7 Å². The van der Waals surface area contributed by atoms with Crippen molar-refractivity contribution in [1.82, 2.24) is 4.90 Å². The fourth-order valence-corrected chi connectivity index (χ4v) is 2.61. The average Bonchev–Trinajstić information content (AvgIpc) is 2.94. The standard InChI is InChI=1S/C14H16N2O4/c15-13(17)10-2-1-5-16(7-10)14(18)9-3-4-11-12(6-9)20-8-19-11/h3-4,6,10H,1-2,5,7-8H2,(H2,15,17). The van der Waals surface area contributed by atoms with E-state index in [1.54, 1.807) is 23.1 Å². The van der Waals surface area contributed by atoms with Crippen molar-refractivity contribution in [3.05, 3.63) is 23.8 Å². The van der Waals surface area contributed by atoms with Crippen molar-refractivity contribution in [3.63, 3.8) is 0 Å². The molecular weight excluding hydrogens is 260 g/mol. The molecule has 6 heteroatoms. The van der Waals surface area contributed by atoms with Gasteiger partial charge in [-0.15, -0.1) is 0 Å². The van der Waals surface area contributed by atoms with Gasteiger partial charge in [-0.05, 0) is 31.0 Å². The van der Waals surface area contributed by atoms with Crippen molar-refractivity contribution >= 4 is 11.8 Å². The number of rotatable bonds is 2. The highest BCUT2D eigenvalue weighted by atomic mass is 16.7. The Bertz CT molecular complexity index is 558. The van der Waals surface area contributed by atoms with Crippen LogP contribution >= 0.6 is 0 Å². The van der Waals surface area contributed by atoms with E-state index in [2.05, 4.69) is 0 Å². The maximum Gasteiger partial charge on any atom is 0.254 e. The van der Waals surface area contributed by atoms with Gasteiger partial charge in [0.15, 0.2) is 11.5 Å². The molecule has 2 aliphatic heterocycles. The van der Waals surface area contributed by atoms with E-state index in [1.807, 2.05) is 0 Å². The number of piperidine rings is 1. The van der Waals surface area contributed by atoms with Crippen LogP contribution < -0.4 is 15.2 Å². The molecule has 1 atom stereocenters. The summed E-state index contributed by atoms with van der Waals surface area (Å²) in [6.45, 7) is 1.22. The van der Waals surface area contributed by atoms with Crippen LogP contribution in [0, 0.1) is 5.92 Å². The number of benzene rings is 1. The lowest BCUT2D eigenvalue weighted by Crippen LogP contribution is -2.44. The molecule has 2 aliphatic rings. The average molecular weight is 276 g/mol. The molecule has 20 heavy (non-hydrogen) atoms. The molecular formula is C14H16N2O4. The first kappa shape index (κ1) is 12.8. The highest BCUT2D eigenvalue weighted by Crippen LogP contribution is 2.33. The van der Waals surface area contributed by atoms with Crippen LogP contribution in [-0.4, -0.2) is 36.6 Å². The third-order valence-corrected chi connectivity index (χ3v) is 3.73. The van der Waals surface area contributed by atoms with E-state index in [0.29, 0.717) is 30.2 Å². The monoisotopic (exact) mass is 276 g/mol. The molecule has 0 bridgehead atoms. The first-order chi connectivity index (χ1) is 9.65. The van der Waals surface area contributed by atoms with Crippen LogP contribution in [0.25, 0.3) is 0 Å². The lowest BCUT2D eigenvalue weighted by atomic mass is 9.97. The molecule has 106 valence electrons. The van der Waals surface area contributed by atoms with Gasteiger partial charge < -0.3 is 20.1 Å². The summed E-state index contributed by atoms with van der Waals surface area (Å²) in [5, 5.41) is 0. The SMILES string of the molecule is NC(=O)C1CCCN(C(=O)c2ccc3c(c2)OCO3)C1. The van der Waals surface area contributed by atoms with E-state index in [9.17, 15) is 9.59 Å². The number of likely N-dealkylation sites (tertiary alicyclic amines) is 1. The number of amides is 2. The highest BCUT2D eigenvalue weighted by molar-refractivity contribution is 5.95. The molecule has 2 amide bonds. The molecule has 2 N–H and O–H groups in total. The molecule has 1 fully saturated rings. The Morgan fingerprint density at radius 1 is 1.25 bits per heavy atom. The van der Waals surface area contributed by atoms with Gasteiger partial charge in [0.2, 0.25) is 12.7 Å². The number of carbonyl (C=O) groups excluding carboxylic acids is 2. The molecule has 0 spiro atoms. The molecule has 0 aliphatic carbocycles. The number of primary amides is 1. The Balaban J connectivity index is 1.76. The van der Waals surface area contributed by atoms with Crippen molar-refractivity contribution < 1.29 is 19.1 Å². The highest BCUT2D eigenvalue weighted by Gasteiger charge is 2.28. The number of hydrogen-bond acceptors (Lipinski definition) is 4. The lowest BCUT2D eigenvalue weighted by Gasteiger charge is -2.31. The summed E-state index contributed by atoms with van der Waals surface area (Å²) in [5.41, 5.74) is 5.87. The maximum absolute atomic E-state index is 12.4. The minimum atomic E-state index is -0.340. The van der Waals surface area contributed by atoms with E-state index >= 15 is 0 Å². The number of fused-ring (bicyclic) bond motifs is 1. The molecule has 1 unspecified atom stereocenters. The van der Waals surface area contributed by atoms with Gasteiger partial charge >= 0.3 is 0 Å². The molecule has 1 aromatic rings. The number of nitrogens with zero attached hydrogens (tertiary/aromatic N) is 1. The second kappa shape index (κ2) is 5.03. The maximum atomic E-state index is 12.4. The summed E-state index contributed by atoms with van der Waals surface area (Å²) in [5.74, 6) is 0.540. The van der Waals surface area contributed by atoms with Gasteiger partial charge in [0.05, 0.1) is 5.92 Å². The van der Waals surface area contributed by atoms with Gasteiger partial charge in [-0.2, -0.15) is 0 Å². The molecule has 0 saturated carbocycles. The first-order valence-electron chi connectivity index (χ1n) is 6.63. The van der Waals surface area contributed by atoms with Gasteiger partial charge in [-0.25, -0.2) is 0 Å². The number of nitrogens with two attached hydrogens (primary N) is 1. The second-order valence-corrected chi connectivity index (χ2v) is 5.06. The summed E-state index contributed by atoms with van der Waals surface area (Å²) in [7, 11) is 0. The molecule has 2 heterocycles. The van der Waals surface area contributed by atoms with E-state index in [-0.39, 0.29) is 24.5 Å². The van der Waals surface area contributed by atoms with Gasteiger partial charge in [0.25, 0.3) is 5.91 Å². The Labute approximate surface area is 116 Å². The van der Waals surface area contributed by atoms with Crippen molar-refractivity contribution in [3.8, 4) is 11.5 Å². The van der Waals surface area contributed by atoms with E-state index < -0.39 is 0 Å². The summed E-state index contributed by atoms with van der Waals surface area (Å²) >= 11 is 0. The van der Waals surface area contributed by atoms with Crippen molar-refractivity contribution in [2.75, 3.05) is 19.9 Å².